The molecule has 0 aromatic heterocycles. The number of methoxy groups -OCH3 is 1. The Morgan fingerprint density at radius 2 is 2.16 bits per heavy atom. The number of carboxylic acid groups (broad SMARTS) is 1. The van der Waals surface area contributed by atoms with Gasteiger partial charge in [-0.1, -0.05) is 0 Å². The molecular formula is C14H18FNO3. The Balaban J connectivity index is 2.23. The van der Waals surface area contributed by atoms with E-state index in [0.717, 1.165) is 31.5 Å². The molecule has 19 heavy (non-hydrogen) atoms. The Kier molecular flexibility index (Phi) is 4.37. The first-order chi connectivity index (χ1) is 9.11. The van der Waals surface area contributed by atoms with Gasteiger partial charge < -0.3 is 15.2 Å². The van der Waals surface area contributed by atoms with Crippen molar-refractivity contribution in [1.29, 1.82) is 0 Å². The lowest BCUT2D eigenvalue weighted by Gasteiger charge is -2.22. The van der Waals surface area contributed by atoms with Crippen LogP contribution in [-0.2, 0) is 6.42 Å². The van der Waals surface area contributed by atoms with Crippen LogP contribution in [0.15, 0.2) is 12.1 Å². The molecule has 2 N–H and O–H groups in total. The Hall–Kier alpha value is -1.62. The third-order valence-electron chi connectivity index (χ3n) is 3.52. The number of hydrogen-bond acceptors (Lipinski definition) is 3. The minimum Gasteiger partial charge on any atom is -0.493 e. The fourth-order valence-corrected chi connectivity index (χ4v) is 2.55. The Bertz CT molecular complexity index is 470. The topological polar surface area (TPSA) is 58.6 Å². The molecule has 5 heteroatoms. The summed E-state index contributed by atoms with van der Waals surface area (Å²) in [5.74, 6) is -1.48. The van der Waals surface area contributed by atoms with Crippen LogP contribution in [0, 0.1) is 11.7 Å². The summed E-state index contributed by atoms with van der Waals surface area (Å²) in [6.45, 7) is 1.93. The predicted octanol–water partition coefficient (Wildman–Crippen LogP) is 2.07. The van der Waals surface area contributed by atoms with Gasteiger partial charge in [-0.25, -0.2) is 9.18 Å². The molecule has 1 heterocycles. The van der Waals surface area contributed by atoms with Gasteiger partial charge >= 0.3 is 5.97 Å². The van der Waals surface area contributed by atoms with Crippen molar-refractivity contribution in [2.45, 2.75) is 19.3 Å². The molecule has 1 aliphatic heterocycles. The van der Waals surface area contributed by atoms with Crippen molar-refractivity contribution in [3.8, 4) is 5.75 Å². The number of ether oxygens (including phenoxy) is 1. The largest absolute Gasteiger partial charge is 0.493 e. The first kappa shape index (κ1) is 13.8. The number of carboxylic acids is 1. The molecule has 0 bridgehead atoms. The van der Waals surface area contributed by atoms with E-state index >= 15 is 0 Å². The molecule has 0 saturated carbocycles. The zero-order chi connectivity index (χ0) is 13.8. The van der Waals surface area contributed by atoms with Crippen LogP contribution in [0.25, 0.3) is 0 Å². The summed E-state index contributed by atoms with van der Waals surface area (Å²) in [5.41, 5.74) is 0.619. The molecular weight excluding hydrogens is 249 g/mol. The molecule has 0 amide bonds. The number of benzene rings is 1. The van der Waals surface area contributed by atoms with Crippen LogP contribution in [-0.4, -0.2) is 31.3 Å². The van der Waals surface area contributed by atoms with Gasteiger partial charge in [0.1, 0.15) is 5.56 Å². The fourth-order valence-electron chi connectivity index (χ4n) is 2.55. The van der Waals surface area contributed by atoms with Crippen LogP contribution >= 0.6 is 0 Å². The van der Waals surface area contributed by atoms with E-state index in [1.807, 2.05) is 0 Å². The molecule has 0 radical (unpaired) electrons. The molecule has 1 fully saturated rings. The van der Waals surface area contributed by atoms with Gasteiger partial charge in [-0.3, -0.25) is 0 Å². The van der Waals surface area contributed by atoms with Gasteiger partial charge in [0, 0.05) is 0 Å². The van der Waals surface area contributed by atoms with Gasteiger partial charge in [0.05, 0.1) is 7.11 Å². The summed E-state index contributed by atoms with van der Waals surface area (Å²) < 4.78 is 18.6. The third kappa shape index (κ3) is 3.23. The van der Waals surface area contributed by atoms with Crippen LogP contribution in [0.4, 0.5) is 4.39 Å². The average Bonchev–Trinajstić information content (AvgIpc) is 2.39. The maximum absolute atomic E-state index is 13.8. The smallest absolute Gasteiger partial charge is 0.339 e. The lowest BCUT2D eigenvalue weighted by Crippen LogP contribution is -2.28. The molecule has 4 nitrogen and oxygen atoms in total. The summed E-state index contributed by atoms with van der Waals surface area (Å²) in [4.78, 5) is 11.1. The van der Waals surface area contributed by atoms with Gasteiger partial charge in [0.2, 0.25) is 0 Å². The Labute approximate surface area is 111 Å². The van der Waals surface area contributed by atoms with Crippen LogP contribution in [0.5, 0.6) is 5.75 Å². The highest BCUT2D eigenvalue weighted by Crippen LogP contribution is 2.27. The highest BCUT2D eigenvalue weighted by atomic mass is 19.1. The molecule has 0 aliphatic carbocycles. The summed E-state index contributed by atoms with van der Waals surface area (Å²) in [7, 11) is 1.28. The quantitative estimate of drug-likeness (QED) is 0.877. The maximum atomic E-state index is 13.8. The zero-order valence-electron chi connectivity index (χ0n) is 10.9. The van der Waals surface area contributed by atoms with Crippen LogP contribution in [0.1, 0.15) is 28.8 Å². The summed E-state index contributed by atoms with van der Waals surface area (Å²) >= 11 is 0. The average molecular weight is 267 g/mol. The Morgan fingerprint density at radius 3 is 2.74 bits per heavy atom. The molecule has 0 unspecified atom stereocenters. The second-order valence-electron chi connectivity index (χ2n) is 4.86. The molecule has 1 saturated heterocycles. The van der Waals surface area contributed by atoms with Crippen molar-refractivity contribution in [2.75, 3.05) is 20.2 Å². The van der Waals surface area contributed by atoms with E-state index in [-0.39, 0.29) is 11.3 Å². The van der Waals surface area contributed by atoms with Gasteiger partial charge in [0.25, 0.3) is 0 Å². The van der Waals surface area contributed by atoms with Gasteiger partial charge in [-0.05, 0) is 56.0 Å². The number of aromatic carboxylic acids is 1. The van der Waals surface area contributed by atoms with E-state index < -0.39 is 11.8 Å². The van der Waals surface area contributed by atoms with Gasteiger partial charge in [-0.15, -0.1) is 0 Å². The van der Waals surface area contributed by atoms with Crippen molar-refractivity contribution in [2.24, 2.45) is 5.92 Å². The maximum Gasteiger partial charge on any atom is 0.339 e. The van der Waals surface area contributed by atoms with E-state index in [0.29, 0.717) is 12.3 Å². The highest BCUT2D eigenvalue weighted by Gasteiger charge is 2.19. The minimum absolute atomic E-state index is 0.105. The normalized spacial score (nSPS) is 16.3. The molecule has 0 atom stereocenters. The first-order valence-corrected chi connectivity index (χ1v) is 6.42. The number of carbonyl (C=O) groups is 1. The second-order valence-corrected chi connectivity index (χ2v) is 4.86. The van der Waals surface area contributed by atoms with Crippen molar-refractivity contribution in [1.82, 2.24) is 5.32 Å². The van der Waals surface area contributed by atoms with Gasteiger partial charge in [0.15, 0.2) is 11.6 Å². The van der Waals surface area contributed by atoms with Crippen molar-refractivity contribution < 1.29 is 19.0 Å². The molecule has 0 spiro atoms. The molecule has 1 aromatic rings. The highest BCUT2D eigenvalue weighted by molar-refractivity contribution is 5.91. The minimum atomic E-state index is -1.16. The first-order valence-electron chi connectivity index (χ1n) is 6.42. The lowest BCUT2D eigenvalue weighted by atomic mass is 9.90. The number of rotatable bonds is 4. The van der Waals surface area contributed by atoms with Crippen molar-refractivity contribution in [3.63, 3.8) is 0 Å². The van der Waals surface area contributed by atoms with Gasteiger partial charge in [-0.2, -0.15) is 0 Å². The molecule has 104 valence electrons. The SMILES string of the molecule is COc1c(F)cc(CC2CCNCC2)cc1C(=O)O. The third-order valence-corrected chi connectivity index (χ3v) is 3.52. The summed E-state index contributed by atoms with van der Waals surface area (Å²) in [6, 6.07) is 2.90. The van der Waals surface area contributed by atoms with Crippen molar-refractivity contribution >= 4 is 5.97 Å². The van der Waals surface area contributed by atoms with Crippen molar-refractivity contribution in [3.05, 3.63) is 29.1 Å². The second kappa shape index (κ2) is 6.02. The molecule has 1 aliphatic rings. The van der Waals surface area contributed by atoms with E-state index in [4.69, 9.17) is 9.84 Å². The predicted molar refractivity (Wildman–Crippen MR) is 69.2 cm³/mol. The lowest BCUT2D eigenvalue weighted by molar-refractivity contribution is 0.0692. The number of piperidine rings is 1. The zero-order valence-corrected chi connectivity index (χ0v) is 10.9. The molecule has 1 aromatic carbocycles. The Morgan fingerprint density at radius 1 is 1.47 bits per heavy atom. The van der Waals surface area contributed by atoms with Crippen LogP contribution in [0.2, 0.25) is 0 Å². The van der Waals surface area contributed by atoms with E-state index in [2.05, 4.69) is 5.32 Å². The van der Waals surface area contributed by atoms with E-state index in [1.165, 1.54) is 19.2 Å². The number of nitrogens with one attached hydrogen (secondary N) is 1. The van der Waals surface area contributed by atoms with E-state index in [9.17, 15) is 9.18 Å². The standard InChI is InChI=1S/C14H18FNO3/c1-19-13-11(14(17)18)7-10(8-12(13)15)6-9-2-4-16-5-3-9/h7-9,16H,2-6H2,1H3,(H,17,18). The van der Waals surface area contributed by atoms with Crippen LogP contribution in [0.3, 0.4) is 0 Å². The number of halogens is 1. The number of hydrogen-bond donors (Lipinski definition) is 2. The van der Waals surface area contributed by atoms with Crippen LogP contribution < -0.4 is 10.1 Å². The summed E-state index contributed by atoms with van der Waals surface area (Å²) in [5, 5.41) is 12.4. The summed E-state index contributed by atoms with van der Waals surface area (Å²) in [6.07, 6.45) is 2.79. The molecule has 2 rings (SSSR count). The monoisotopic (exact) mass is 267 g/mol. The van der Waals surface area contributed by atoms with E-state index in [1.54, 1.807) is 0 Å². The fraction of sp³-hybridized carbons (Fsp3) is 0.500.